The van der Waals surface area contributed by atoms with Gasteiger partial charge in [-0.2, -0.15) is 0 Å². The summed E-state index contributed by atoms with van der Waals surface area (Å²) >= 11 is 5.85. The van der Waals surface area contributed by atoms with Gasteiger partial charge in [0.2, 0.25) is 0 Å². The van der Waals surface area contributed by atoms with Gasteiger partial charge >= 0.3 is 0 Å². The summed E-state index contributed by atoms with van der Waals surface area (Å²) in [4.78, 5) is 8.06. The van der Waals surface area contributed by atoms with Crippen molar-refractivity contribution in [3.63, 3.8) is 0 Å². The SMILES string of the molecule is Clc1nccnc1NCCC1CCC1. The van der Waals surface area contributed by atoms with E-state index in [1.807, 2.05) is 0 Å². The second-order valence-electron chi connectivity index (χ2n) is 3.71. The third-order valence-corrected chi connectivity index (χ3v) is 3.00. The van der Waals surface area contributed by atoms with Crippen LogP contribution in [0.3, 0.4) is 0 Å². The van der Waals surface area contributed by atoms with Crippen LogP contribution in [0.1, 0.15) is 25.7 Å². The second-order valence-corrected chi connectivity index (χ2v) is 4.07. The topological polar surface area (TPSA) is 37.8 Å². The van der Waals surface area contributed by atoms with Crippen LogP contribution in [0, 0.1) is 5.92 Å². The van der Waals surface area contributed by atoms with Crippen molar-refractivity contribution in [2.75, 3.05) is 11.9 Å². The first-order valence-corrected chi connectivity index (χ1v) is 5.44. The Kier molecular flexibility index (Phi) is 3.19. The highest BCUT2D eigenvalue weighted by Crippen LogP contribution is 2.29. The third-order valence-electron chi connectivity index (χ3n) is 2.72. The smallest absolute Gasteiger partial charge is 0.171 e. The third kappa shape index (κ3) is 2.35. The quantitative estimate of drug-likeness (QED) is 0.832. The van der Waals surface area contributed by atoms with E-state index in [0.29, 0.717) is 11.0 Å². The zero-order valence-corrected chi connectivity index (χ0v) is 8.80. The molecule has 0 amide bonds. The number of aromatic nitrogens is 2. The fourth-order valence-electron chi connectivity index (χ4n) is 1.62. The molecule has 1 heterocycles. The van der Waals surface area contributed by atoms with Crippen LogP contribution in [0.15, 0.2) is 12.4 Å². The summed E-state index contributed by atoms with van der Waals surface area (Å²) in [5, 5.41) is 3.67. The lowest BCUT2D eigenvalue weighted by Crippen LogP contribution is -2.16. The lowest BCUT2D eigenvalue weighted by Gasteiger charge is -2.25. The lowest BCUT2D eigenvalue weighted by atomic mass is 9.83. The number of anilines is 1. The minimum absolute atomic E-state index is 0.459. The van der Waals surface area contributed by atoms with Crippen LogP contribution >= 0.6 is 11.6 Å². The Morgan fingerprint density at radius 2 is 2.14 bits per heavy atom. The van der Waals surface area contributed by atoms with Crippen molar-refractivity contribution in [3.8, 4) is 0 Å². The molecule has 2 rings (SSSR count). The van der Waals surface area contributed by atoms with Gasteiger partial charge in [0.05, 0.1) is 0 Å². The molecule has 1 aromatic rings. The Balaban J connectivity index is 1.76. The molecule has 0 saturated heterocycles. The minimum atomic E-state index is 0.459. The lowest BCUT2D eigenvalue weighted by molar-refractivity contribution is 0.303. The van der Waals surface area contributed by atoms with Crippen LogP contribution in [-0.4, -0.2) is 16.5 Å². The predicted molar refractivity (Wildman–Crippen MR) is 57.5 cm³/mol. The zero-order chi connectivity index (χ0) is 9.80. The summed E-state index contributed by atoms with van der Waals surface area (Å²) in [5.41, 5.74) is 0. The molecule has 76 valence electrons. The molecule has 0 spiro atoms. The Bertz CT molecular complexity index is 299. The highest BCUT2D eigenvalue weighted by Gasteiger charge is 2.16. The second kappa shape index (κ2) is 4.60. The van der Waals surface area contributed by atoms with Crippen molar-refractivity contribution in [1.82, 2.24) is 9.97 Å². The number of halogens is 1. The van der Waals surface area contributed by atoms with Crippen molar-refractivity contribution < 1.29 is 0 Å². The number of nitrogens with one attached hydrogen (secondary N) is 1. The number of rotatable bonds is 4. The van der Waals surface area contributed by atoms with E-state index in [2.05, 4.69) is 15.3 Å². The molecule has 0 bridgehead atoms. The van der Waals surface area contributed by atoms with Crippen LogP contribution in [0.2, 0.25) is 5.15 Å². The molecule has 1 aliphatic rings. The van der Waals surface area contributed by atoms with Crippen molar-refractivity contribution in [3.05, 3.63) is 17.5 Å². The van der Waals surface area contributed by atoms with E-state index in [1.54, 1.807) is 12.4 Å². The Labute approximate surface area is 88.9 Å². The van der Waals surface area contributed by atoms with Gasteiger partial charge in [0.1, 0.15) is 0 Å². The van der Waals surface area contributed by atoms with E-state index in [1.165, 1.54) is 25.7 Å². The van der Waals surface area contributed by atoms with Crippen molar-refractivity contribution in [2.24, 2.45) is 5.92 Å². The van der Waals surface area contributed by atoms with Crippen LogP contribution in [0.5, 0.6) is 0 Å². The van der Waals surface area contributed by atoms with Crippen molar-refractivity contribution in [1.29, 1.82) is 0 Å². The van der Waals surface area contributed by atoms with E-state index in [9.17, 15) is 0 Å². The van der Waals surface area contributed by atoms with Gasteiger partial charge in [0, 0.05) is 18.9 Å². The molecule has 0 aromatic carbocycles. The average Bonchev–Trinajstić information content (AvgIpc) is 2.12. The summed E-state index contributed by atoms with van der Waals surface area (Å²) in [6.45, 7) is 0.947. The molecule has 0 radical (unpaired) electrons. The van der Waals surface area contributed by atoms with E-state index in [0.717, 1.165) is 12.5 Å². The van der Waals surface area contributed by atoms with Gasteiger partial charge in [-0.3, -0.25) is 0 Å². The van der Waals surface area contributed by atoms with Gasteiger partial charge in [-0.25, -0.2) is 9.97 Å². The number of nitrogens with zero attached hydrogens (tertiary/aromatic N) is 2. The molecule has 0 aliphatic heterocycles. The summed E-state index contributed by atoms with van der Waals surface area (Å²) in [5.74, 6) is 1.62. The number of hydrogen-bond acceptors (Lipinski definition) is 3. The monoisotopic (exact) mass is 211 g/mol. The molecular formula is C10H14ClN3. The molecule has 3 nitrogen and oxygen atoms in total. The average molecular weight is 212 g/mol. The molecule has 1 N–H and O–H groups in total. The minimum Gasteiger partial charge on any atom is -0.368 e. The van der Waals surface area contributed by atoms with Gasteiger partial charge < -0.3 is 5.32 Å². The van der Waals surface area contributed by atoms with Crippen LogP contribution in [-0.2, 0) is 0 Å². The molecule has 1 fully saturated rings. The molecule has 1 saturated carbocycles. The normalized spacial score (nSPS) is 16.4. The molecule has 14 heavy (non-hydrogen) atoms. The molecular weight excluding hydrogens is 198 g/mol. The highest BCUT2D eigenvalue weighted by molar-refractivity contribution is 6.31. The van der Waals surface area contributed by atoms with Crippen molar-refractivity contribution >= 4 is 17.4 Å². The van der Waals surface area contributed by atoms with Gasteiger partial charge in [-0.15, -0.1) is 0 Å². The van der Waals surface area contributed by atoms with Crippen molar-refractivity contribution in [2.45, 2.75) is 25.7 Å². The van der Waals surface area contributed by atoms with Gasteiger partial charge in [0.15, 0.2) is 11.0 Å². The Morgan fingerprint density at radius 3 is 2.79 bits per heavy atom. The molecule has 0 atom stereocenters. The summed E-state index contributed by atoms with van der Waals surface area (Å²) in [6.07, 6.45) is 8.63. The van der Waals surface area contributed by atoms with Crippen LogP contribution in [0.25, 0.3) is 0 Å². The number of hydrogen-bond donors (Lipinski definition) is 1. The summed E-state index contributed by atoms with van der Waals surface area (Å²) in [6, 6.07) is 0. The molecule has 1 aliphatic carbocycles. The maximum absolute atomic E-state index is 5.85. The Hall–Kier alpha value is -0.830. The van der Waals surface area contributed by atoms with Crippen LogP contribution < -0.4 is 5.32 Å². The summed E-state index contributed by atoms with van der Waals surface area (Å²) < 4.78 is 0. The summed E-state index contributed by atoms with van der Waals surface area (Å²) in [7, 11) is 0. The van der Waals surface area contributed by atoms with Crippen LogP contribution in [0.4, 0.5) is 5.82 Å². The standard InChI is InChI=1S/C10H14ClN3/c11-9-10(14-7-6-12-9)13-5-4-8-2-1-3-8/h6-8H,1-5H2,(H,13,14). The van der Waals surface area contributed by atoms with E-state index < -0.39 is 0 Å². The van der Waals surface area contributed by atoms with Gasteiger partial charge in [-0.1, -0.05) is 30.9 Å². The largest absolute Gasteiger partial charge is 0.368 e. The van der Waals surface area contributed by atoms with E-state index >= 15 is 0 Å². The van der Waals surface area contributed by atoms with E-state index in [4.69, 9.17) is 11.6 Å². The first-order valence-electron chi connectivity index (χ1n) is 5.06. The molecule has 1 aromatic heterocycles. The van der Waals surface area contributed by atoms with Gasteiger partial charge in [0.25, 0.3) is 0 Å². The van der Waals surface area contributed by atoms with Gasteiger partial charge in [-0.05, 0) is 12.3 Å². The van der Waals surface area contributed by atoms with E-state index in [-0.39, 0.29) is 0 Å². The fourth-order valence-corrected chi connectivity index (χ4v) is 1.79. The predicted octanol–water partition coefficient (Wildman–Crippen LogP) is 2.73. The molecule has 0 unspecified atom stereocenters. The Morgan fingerprint density at radius 1 is 1.36 bits per heavy atom. The maximum Gasteiger partial charge on any atom is 0.171 e. The first-order chi connectivity index (χ1) is 6.86. The fraction of sp³-hybridized carbons (Fsp3) is 0.600. The first kappa shape index (κ1) is 9.71. The maximum atomic E-state index is 5.85. The molecule has 4 heteroatoms. The zero-order valence-electron chi connectivity index (χ0n) is 8.04. The highest BCUT2D eigenvalue weighted by atomic mass is 35.5.